The molecule has 0 aliphatic rings. The van der Waals surface area contributed by atoms with Gasteiger partial charge >= 0.3 is 0 Å². The summed E-state index contributed by atoms with van der Waals surface area (Å²) < 4.78 is 21.1. The van der Waals surface area contributed by atoms with E-state index in [2.05, 4.69) is 25.9 Å². The largest absolute Gasteiger partial charge is 0.368 e. The predicted octanol–water partition coefficient (Wildman–Crippen LogP) is 4.31. The van der Waals surface area contributed by atoms with Gasteiger partial charge in [0.2, 0.25) is 0 Å². The molecule has 1 heterocycles. The number of hydrogen-bond donors (Lipinski definition) is 0. The SMILES string of the molecule is COC(c1cncnc1)(c1ccc(Br)cc1F)C(C)(C)C. The highest BCUT2D eigenvalue weighted by Crippen LogP contribution is 2.48. The summed E-state index contributed by atoms with van der Waals surface area (Å²) in [5.41, 5.74) is -0.183. The summed E-state index contributed by atoms with van der Waals surface area (Å²) in [6.07, 6.45) is 4.79. The van der Waals surface area contributed by atoms with Gasteiger partial charge in [-0.3, -0.25) is 0 Å². The molecule has 1 aromatic carbocycles. The monoisotopic (exact) mass is 352 g/mol. The quantitative estimate of drug-likeness (QED) is 0.825. The van der Waals surface area contributed by atoms with Gasteiger partial charge in [0.05, 0.1) is 0 Å². The molecule has 0 spiro atoms. The third-order valence-electron chi connectivity index (χ3n) is 3.64. The van der Waals surface area contributed by atoms with Crippen molar-refractivity contribution in [3.63, 3.8) is 0 Å². The highest BCUT2D eigenvalue weighted by atomic mass is 79.9. The Morgan fingerprint density at radius 3 is 2.24 bits per heavy atom. The highest BCUT2D eigenvalue weighted by molar-refractivity contribution is 9.10. The van der Waals surface area contributed by atoms with Gasteiger partial charge in [-0.25, -0.2) is 14.4 Å². The Hall–Kier alpha value is -1.33. The normalized spacial score (nSPS) is 14.8. The molecule has 5 heteroatoms. The molecule has 0 saturated carbocycles. The molecule has 0 saturated heterocycles. The van der Waals surface area contributed by atoms with Crippen LogP contribution in [0.1, 0.15) is 31.9 Å². The Bertz CT molecular complexity index is 628. The summed E-state index contributed by atoms with van der Waals surface area (Å²) in [4.78, 5) is 8.12. The molecule has 0 amide bonds. The molecule has 0 radical (unpaired) electrons. The number of aromatic nitrogens is 2. The van der Waals surface area contributed by atoms with Crippen LogP contribution < -0.4 is 0 Å². The van der Waals surface area contributed by atoms with Gasteiger partial charge in [0.25, 0.3) is 0 Å². The van der Waals surface area contributed by atoms with Crippen molar-refractivity contribution >= 4 is 15.9 Å². The standard InChI is InChI=1S/C16H18BrFN2O/c1-15(2,3)16(21-4,11-8-19-10-20-9-11)13-6-5-12(17)7-14(13)18/h5-10H,1-4H3. The van der Waals surface area contributed by atoms with Gasteiger partial charge in [0.15, 0.2) is 0 Å². The van der Waals surface area contributed by atoms with Crippen molar-refractivity contribution in [3.05, 3.63) is 58.3 Å². The van der Waals surface area contributed by atoms with Crippen LogP contribution in [0.25, 0.3) is 0 Å². The second-order valence-corrected chi connectivity index (χ2v) is 6.80. The smallest absolute Gasteiger partial charge is 0.130 e. The minimum absolute atomic E-state index is 0.329. The minimum atomic E-state index is -0.973. The summed E-state index contributed by atoms with van der Waals surface area (Å²) in [6.45, 7) is 6.01. The van der Waals surface area contributed by atoms with Crippen LogP contribution in [0, 0.1) is 11.2 Å². The number of methoxy groups -OCH3 is 1. The first-order valence-corrected chi connectivity index (χ1v) is 7.38. The molecule has 1 aromatic heterocycles. The molecule has 0 fully saturated rings. The van der Waals surface area contributed by atoms with Crippen molar-refractivity contribution in [3.8, 4) is 0 Å². The molecule has 1 unspecified atom stereocenters. The van der Waals surface area contributed by atoms with Crippen molar-refractivity contribution in [1.82, 2.24) is 9.97 Å². The predicted molar refractivity (Wildman–Crippen MR) is 83.4 cm³/mol. The number of benzene rings is 1. The molecule has 0 aliphatic carbocycles. The van der Waals surface area contributed by atoms with Crippen molar-refractivity contribution in [2.75, 3.05) is 7.11 Å². The van der Waals surface area contributed by atoms with E-state index in [0.29, 0.717) is 10.0 Å². The Morgan fingerprint density at radius 2 is 1.76 bits per heavy atom. The Kier molecular flexibility index (Phi) is 4.44. The van der Waals surface area contributed by atoms with E-state index in [0.717, 1.165) is 5.56 Å². The maximum Gasteiger partial charge on any atom is 0.130 e. The summed E-state index contributed by atoms with van der Waals surface area (Å²) in [7, 11) is 1.58. The zero-order valence-corrected chi connectivity index (χ0v) is 14.1. The zero-order chi connectivity index (χ0) is 15.7. The highest BCUT2D eigenvalue weighted by Gasteiger charge is 2.47. The molecule has 0 N–H and O–H groups in total. The fraction of sp³-hybridized carbons (Fsp3) is 0.375. The fourth-order valence-electron chi connectivity index (χ4n) is 2.78. The number of halogens is 2. The molecule has 2 rings (SSSR count). The molecule has 2 aromatic rings. The van der Waals surface area contributed by atoms with Crippen LogP contribution in [-0.2, 0) is 10.3 Å². The fourth-order valence-corrected chi connectivity index (χ4v) is 3.12. The molecule has 112 valence electrons. The maximum absolute atomic E-state index is 14.6. The third kappa shape index (κ3) is 2.72. The van der Waals surface area contributed by atoms with Crippen LogP contribution in [0.15, 0.2) is 41.4 Å². The second-order valence-electron chi connectivity index (χ2n) is 5.89. The Balaban J connectivity index is 2.78. The first kappa shape index (κ1) is 16.0. The third-order valence-corrected chi connectivity index (χ3v) is 4.13. The molecular formula is C16H18BrFN2O. The zero-order valence-electron chi connectivity index (χ0n) is 12.5. The number of nitrogens with zero attached hydrogens (tertiary/aromatic N) is 2. The summed E-state index contributed by atoms with van der Waals surface area (Å²) >= 11 is 3.29. The minimum Gasteiger partial charge on any atom is -0.368 e. The molecular weight excluding hydrogens is 335 g/mol. The Morgan fingerprint density at radius 1 is 1.14 bits per heavy atom. The van der Waals surface area contributed by atoms with Gasteiger partial charge in [-0.1, -0.05) is 42.8 Å². The van der Waals surface area contributed by atoms with Gasteiger partial charge in [-0.05, 0) is 17.5 Å². The van der Waals surface area contributed by atoms with E-state index in [1.54, 1.807) is 25.6 Å². The lowest BCUT2D eigenvalue weighted by Crippen LogP contribution is -2.44. The average Bonchev–Trinajstić information content (AvgIpc) is 2.42. The lowest BCUT2D eigenvalue weighted by Gasteiger charge is -2.44. The van der Waals surface area contributed by atoms with Crippen molar-refractivity contribution in [2.45, 2.75) is 26.4 Å². The van der Waals surface area contributed by atoms with Crippen molar-refractivity contribution in [1.29, 1.82) is 0 Å². The molecule has 1 atom stereocenters. The first-order valence-electron chi connectivity index (χ1n) is 6.59. The van der Waals surface area contributed by atoms with Gasteiger partial charge < -0.3 is 4.74 Å². The van der Waals surface area contributed by atoms with Crippen molar-refractivity contribution in [2.24, 2.45) is 5.41 Å². The number of ether oxygens (including phenoxy) is 1. The van der Waals surface area contributed by atoms with Crippen molar-refractivity contribution < 1.29 is 9.13 Å². The maximum atomic E-state index is 14.6. The summed E-state index contributed by atoms with van der Waals surface area (Å²) in [6, 6.07) is 4.99. The second kappa shape index (κ2) is 5.81. The molecule has 3 nitrogen and oxygen atoms in total. The van der Waals surface area contributed by atoms with E-state index in [-0.39, 0.29) is 5.82 Å². The van der Waals surface area contributed by atoms with Crippen LogP contribution in [0.4, 0.5) is 4.39 Å². The number of hydrogen-bond acceptors (Lipinski definition) is 3. The van der Waals surface area contributed by atoms with Crippen LogP contribution >= 0.6 is 15.9 Å². The van der Waals surface area contributed by atoms with E-state index in [1.807, 2.05) is 26.8 Å². The van der Waals surface area contributed by atoms with Crippen LogP contribution in [0.2, 0.25) is 0 Å². The van der Waals surface area contributed by atoms with Gasteiger partial charge in [-0.2, -0.15) is 0 Å². The van der Waals surface area contributed by atoms with E-state index in [4.69, 9.17) is 4.74 Å². The van der Waals surface area contributed by atoms with Crippen LogP contribution in [-0.4, -0.2) is 17.1 Å². The molecule has 21 heavy (non-hydrogen) atoms. The summed E-state index contributed by atoms with van der Waals surface area (Å²) in [5.74, 6) is -0.329. The van der Waals surface area contributed by atoms with E-state index in [1.165, 1.54) is 12.4 Å². The van der Waals surface area contributed by atoms with Gasteiger partial charge in [0.1, 0.15) is 17.7 Å². The topological polar surface area (TPSA) is 35.0 Å². The average molecular weight is 353 g/mol. The Labute approximate surface area is 132 Å². The van der Waals surface area contributed by atoms with E-state index in [9.17, 15) is 4.39 Å². The van der Waals surface area contributed by atoms with Crippen LogP contribution in [0.3, 0.4) is 0 Å². The van der Waals surface area contributed by atoms with E-state index >= 15 is 0 Å². The lowest BCUT2D eigenvalue weighted by molar-refractivity contribution is -0.0673. The molecule has 0 bridgehead atoms. The van der Waals surface area contributed by atoms with Crippen LogP contribution in [0.5, 0.6) is 0 Å². The number of rotatable bonds is 3. The van der Waals surface area contributed by atoms with Gasteiger partial charge in [-0.15, -0.1) is 0 Å². The lowest BCUT2D eigenvalue weighted by atomic mass is 9.68. The molecule has 0 aliphatic heterocycles. The first-order chi connectivity index (χ1) is 9.83. The van der Waals surface area contributed by atoms with Gasteiger partial charge in [0, 0.05) is 35.1 Å². The van der Waals surface area contributed by atoms with E-state index < -0.39 is 11.0 Å². The summed E-state index contributed by atoms with van der Waals surface area (Å²) in [5, 5.41) is 0.